The number of halogens is 2. The molecule has 2 aromatic heterocycles. The fourth-order valence-corrected chi connectivity index (χ4v) is 2.45. The number of benzene rings is 1. The summed E-state index contributed by atoms with van der Waals surface area (Å²) in [7, 11) is 0. The average Bonchev–Trinajstić information content (AvgIpc) is 2.78. The van der Waals surface area contributed by atoms with Crippen molar-refractivity contribution in [1.29, 1.82) is 0 Å². The van der Waals surface area contributed by atoms with Gasteiger partial charge in [0.15, 0.2) is 0 Å². The van der Waals surface area contributed by atoms with Gasteiger partial charge in [0, 0.05) is 12.7 Å². The Morgan fingerprint density at radius 2 is 2.20 bits per heavy atom. The van der Waals surface area contributed by atoms with Crippen LogP contribution in [0, 0.1) is 5.82 Å². The molecule has 1 atom stereocenters. The van der Waals surface area contributed by atoms with E-state index in [4.69, 9.17) is 11.6 Å². The molecule has 102 valence electrons. The van der Waals surface area contributed by atoms with Gasteiger partial charge in [0.2, 0.25) is 0 Å². The van der Waals surface area contributed by atoms with Gasteiger partial charge in [-0.1, -0.05) is 12.1 Å². The number of hydrogen-bond acceptors (Lipinski definition) is 2. The monoisotopic (exact) mass is 289 g/mol. The van der Waals surface area contributed by atoms with Crippen LogP contribution in [-0.2, 0) is 6.54 Å². The summed E-state index contributed by atoms with van der Waals surface area (Å²) >= 11 is 6.20. The average molecular weight is 290 g/mol. The molecule has 0 aliphatic carbocycles. The van der Waals surface area contributed by atoms with Gasteiger partial charge in [-0.05, 0) is 30.7 Å². The molecule has 3 rings (SSSR count). The predicted octanol–water partition coefficient (Wildman–Crippen LogP) is 3.92. The minimum Gasteiger partial charge on any atom is -0.322 e. The summed E-state index contributed by atoms with van der Waals surface area (Å²) in [5, 5.41) is -0.226. The van der Waals surface area contributed by atoms with Crippen LogP contribution in [0.2, 0.25) is 0 Å². The van der Waals surface area contributed by atoms with Crippen LogP contribution in [0.15, 0.2) is 42.7 Å². The molecule has 0 radical (unpaired) electrons. The fourth-order valence-electron chi connectivity index (χ4n) is 2.29. The molecule has 0 saturated heterocycles. The number of hydrogen-bond donors (Lipinski definition) is 0. The largest absolute Gasteiger partial charge is 0.322 e. The van der Waals surface area contributed by atoms with E-state index in [2.05, 4.69) is 9.97 Å². The summed E-state index contributed by atoms with van der Waals surface area (Å²) in [6.07, 6.45) is 3.43. The van der Waals surface area contributed by atoms with Crippen molar-refractivity contribution in [2.24, 2.45) is 0 Å². The number of fused-ring (bicyclic) bond motifs is 1. The van der Waals surface area contributed by atoms with Crippen LogP contribution in [0.4, 0.5) is 4.39 Å². The first kappa shape index (κ1) is 13.1. The normalized spacial score (nSPS) is 12.8. The Morgan fingerprint density at radius 1 is 1.35 bits per heavy atom. The minimum atomic E-state index is -0.242. The summed E-state index contributed by atoms with van der Waals surface area (Å²) in [5.74, 6) is 0.521. The van der Waals surface area contributed by atoms with Crippen molar-refractivity contribution in [2.75, 3.05) is 0 Å². The molecule has 0 spiro atoms. The first-order chi connectivity index (χ1) is 9.65. The van der Waals surface area contributed by atoms with Gasteiger partial charge in [0.1, 0.15) is 17.2 Å². The first-order valence-corrected chi connectivity index (χ1v) is 6.77. The fraction of sp³-hybridized carbons (Fsp3) is 0.200. The molecular weight excluding hydrogens is 277 g/mol. The van der Waals surface area contributed by atoms with Gasteiger partial charge in [-0.15, -0.1) is 11.6 Å². The standard InChI is InChI=1S/C15H13ClFN3/c1-10(16)15-19-13-8-18-6-5-14(13)20(15)9-11-3-2-4-12(17)7-11/h2-8,10H,9H2,1H3. The van der Waals surface area contributed by atoms with Crippen molar-refractivity contribution in [3.8, 4) is 0 Å². The van der Waals surface area contributed by atoms with E-state index in [9.17, 15) is 4.39 Å². The lowest BCUT2D eigenvalue weighted by atomic mass is 10.2. The van der Waals surface area contributed by atoms with Gasteiger partial charge in [0.25, 0.3) is 0 Å². The lowest BCUT2D eigenvalue weighted by Crippen LogP contribution is -2.06. The Bertz CT molecular complexity index is 752. The Balaban J connectivity index is 2.11. The van der Waals surface area contributed by atoms with E-state index >= 15 is 0 Å². The molecule has 2 heterocycles. The van der Waals surface area contributed by atoms with Crippen LogP contribution in [0.25, 0.3) is 11.0 Å². The SMILES string of the molecule is CC(Cl)c1nc2cnccc2n1Cc1cccc(F)c1. The number of aromatic nitrogens is 3. The van der Waals surface area contributed by atoms with Crippen molar-refractivity contribution >= 4 is 22.6 Å². The minimum absolute atomic E-state index is 0.226. The van der Waals surface area contributed by atoms with Gasteiger partial charge in [-0.3, -0.25) is 4.98 Å². The molecule has 5 heteroatoms. The number of nitrogens with zero attached hydrogens (tertiary/aromatic N) is 3. The second-order valence-corrected chi connectivity index (χ2v) is 5.32. The van der Waals surface area contributed by atoms with Crippen molar-refractivity contribution in [1.82, 2.24) is 14.5 Å². The zero-order chi connectivity index (χ0) is 14.1. The quantitative estimate of drug-likeness (QED) is 0.684. The van der Waals surface area contributed by atoms with Crippen LogP contribution >= 0.6 is 11.6 Å². The third-order valence-electron chi connectivity index (χ3n) is 3.17. The Hall–Kier alpha value is -1.94. The molecule has 1 unspecified atom stereocenters. The van der Waals surface area contributed by atoms with Crippen LogP contribution in [0.5, 0.6) is 0 Å². The molecule has 0 aliphatic heterocycles. The summed E-state index contributed by atoms with van der Waals surface area (Å²) in [6, 6.07) is 8.44. The van der Waals surface area contributed by atoms with E-state index in [1.54, 1.807) is 18.5 Å². The molecule has 1 aromatic carbocycles. The van der Waals surface area contributed by atoms with Crippen molar-refractivity contribution in [3.05, 3.63) is 59.9 Å². The molecule has 0 N–H and O–H groups in total. The number of pyridine rings is 1. The zero-order valence-electron chi connectivity index (χ0n) is 10.9. The molecule has 0 aliphatic rings. The molecule has 3 nitrogen and oxygen atoms in total. The Labute approximate surface area is 121 Å². The van der Waals surface area contributed by atoms with Crippen molar-refractivity contribution < 1.29 is 4.39 Å². The van der Waals surface area contributed by atoms with Gasteiger partial charge < -0.3 is 4.57 Å². The molecule has 20 heavy (non-hydrogen) atoms. The molecule has 3 aromatic rings. The number of rotatable bonds is 3. The molecule has 0 fully saturated rings. The maximum atomic E-state index is 13.3. The smallest absolute Gasteiger partial charge is 0.128 e. The number of imidazole rings is 1. The third kappa shape index (κ3) is 2.39. The van der Waals surface area contributed by atoms with Gasteiger partial charge in [-0.25, -0.2) is 9.37 Å². The van der Waals surface area contributed by atoms with Crippen LogP contribution in [-0.4, -0.2) is 14.5 Å². The summed E-state index contributed by atoms with van der Waals surface area (Å²) in [6.45, 7) is 2.41. The van der Waals surface area contributed by atoms with E-state index < -0.39 is 0 Å². The van der Waals surface area contributed by atoms with Crippen molar-refractivity contribution in [3.63, 3.8) is 0 Å². The highest BCUT2D eigenvalue weighted by atomic mass is 35.5. The Kier molecular flexibility index (Phi) is 3.40. The highest BCUT2D eigenvalue weighted by Crippen LogP contribution is 2.25. The molecular formula is C15H13ClFN3. The maximum absolute atomic E-state index is 13.3. The topological polar surface area (TPSA) is 30.7 Å². The van der Waals surface area contributed by atoms with Crippen LogP contribution in [0.1, 0.15) is 23.7 Å². The second-order valence-electron chi connectivity index (χ2n) is 4.67. The predicted molar refractivity (Wildman–Crippen MR) is 77.3 cm³/mol. The highest BCUT2D eigenvalue weighted by molar-refractivity contribution is 6.20. The first-order valence-electron chi connectivity index (χ1n) is 6.34. The van der Waals surface area contributed by atoms with E-state index in [0.29, 0.717) is 6.54 Å². The second kappa shape index (κ2) is 5.21. The molecule has 0 bridgehead atoms. The van der Waals surface area contributed by atoms with Gasteiger partial charge in [-0.2, -0.15) is 0 Å². The van der Waals surface area contributed by atoms with E-state index in [1.807, 2.05) is 23.6 Å². The van der Waals surface area contributed by atoms with Crippen molar-refractivity contribution in [2.45, 2.75) is 18.8 Å². The summed E-state index contributed by atoms with van der Waals surface area (Å²) in [4.78, 5) is 8.57. The summed E-state index contributed by atoms with van der Waals surface area (Å²) < 4.78 is 15.3. The lowest BCUT2D eigenvalue weighted by molar-refractivity contribution is 0.623. The molecule has 0 amide bonds. The third-order valence-corrected chi connectivity index (χ3v) is 3.36. The van der Waals surface area contributed by atoms with Gasteiger partial charge in [0.05, 0.1) is 17.1 Å². The van der Waals surface area contributed by atoms with E-state index in [1.165, 1.54) is 12.1 Å². The van der Waals surface area contributed by atoms with Gasteiger partial charge >= 0.3 is 0 Å². The van der Waals surface area contributed by atoms with Crippen LogP contribution < -0.4 is 0 Å². The van der Waals surface area contributed by atoms with E-state index in [0.717, 1.165) is 22.4 Å². The lowest BCUT2D eigenvalue weighted by Gasteiger charge is -2.10. The van der Waals surface area contributed by atoms with E-state index in [-0.39, 0.29) is 11.2 Å². The zero-order valence-corrected chi connectivity index (χ0v) is 11.7. The highest BCUT2D eigenvalue weighted by Gasteiger charge is 2.15. The molecule has 0 saturated carbocycles. The summed E-state index contributed by atoms with van der Waals surface area (Å²) in [5.41, 5.74) is 2.62. The maximum Gasteiger partial charge on any atom is 0.128 e. The van der Waals surface area contributed by atoms with Crippen LogP contribution in [0.3, 0.4) is 0 Å². The number of alkyl halides is 1. The Morgan fingerprint density at radius 3 is 2.95 bits per heavy atom.